The van der Waals surface area contributed by atoms with Gasteiger partial charge in [0.1, 0.15) is 18.0 Å². The summed E-state index contributed by atoms with van der Waals surface area (Å²) in [5.41, 5.74) is 5.41. The summed E-state index contributed by atoms with van der Waals surface area (Å²) in [4.78, 5) is 36.2. The maximum Gasteiger partial charge on any atom is 0.318 e. The minimum Gasteiger partial charge on any atom is -0.431 e. The van der Waals surface area contributed by atoms with E-state index in [4.69, 9.17) is 10.5 Å². The highest BCUT2D eigenvalue weighted by atomic mass is 16.6. The summed E-state index contributed by atoms with van der Waals surface area (Å²) in [6, 6.07) is 0. The van der Waals surface area contributed by atoms with Crippen LogP contribution in [-0.4, -0.2) is 92.5 Å². The molecule has 9 heteroatoms. The van der Waals surface area contributed by atoms with Gasteiger partial charge in [-0.15, -0.1) is 0 Å². The quantitative estimate of drug-likeness (QED) is 0.417. The molecule has 0 bridgehead atoms. The zero-order valence-corrected chi connectivity index (χ0v) is 22.1. The molecular weight excluding hydrogens is 436 g/mol. The summed E-state index contributed by atoms with van der Waals surface area (Å²) in [6.45, 7) is 19.2. The minimum absolute atomic E-state index is 0.0139. The fraction of sp³-hybridized carbons (Fsp3) is 0.800. The number of likely N-dealkylation sites (tertiary alicyclic amines) is 2. The van der Waals surface area contributed by atoms with E-state index in [1.165, 1.54) is 45.7 Å². The third-order valence-electron chi connectivity index (χ3n) is 5.21. The van der Waals surface area contributed by atoms with E-state index in [9.17, 15) is 14.4 Å². The SMILES string of the molecule is C=C1CC(=O)O1.CC(=O)CC(=O)NCCN1CCCC1.COC(C)(C)C.NCCN1CCCC1. The van der Waals surface area contributed by atoms with E-state index in [-0.39, 0.29) is 29.7 Å². The third kappa shape index (κ3) is 19.6. The average Bonchev–Trinajstić information content (AvgIpc) is 3.42. The molecule has 3 N–H and O–H groups in total. The van der Waals surface area contributed by atoms with Crippen molar-refractivity contribution in [3.63, 3.8) is 0 Å². The standard InChI is InChI=1S/C10H18N2O2.C6H14N2.C5H12O.C4H4O2/c1-9(13)8-10(14)11-4-7-12-5-2-3-6-12;7-3-6-8-4-1-2-5-8;1-5(2,3)6-4;1-3-2-4(5)6-3/h2-8H2,1H3,(H,11,14);1-7H2;1-4H3;1-2H2. The molecule has 0 atom stereocenters. The van der Waals surface area contributed by atoms with E-state index < -0.39 is 0 Å². The number of ketones is 1. The van der Waals surface area contributed by atoms with Crippen LogP contribution in [0.1, 0.15) is 66.2 Å². The Bertz CT molecular complexity index is 585. The smallest absolute Gasteiger partial charge is 0.318 e. The van der Waals surface area contributed by atoms with Crippen molar-refractivity contribution in [2.75, 3.05) is 59.5 Å². The lowest BCUT2D eigenvalue weighted by molar-refractivity contribution is -0.148. The van der Waals surface area contributed by atoms with Gasteiger partial charge in [0.2, 0.25) is 5.91 Å². The molecule has 3 rings (SSSR count). The highest BCUT2D eigenvalue weighted by Gasteiger charge is 2.17. The lowest BCUT2D eigenvalue weighted by Crippen LogP contribution is -2.34. The van der Waals surface area contributed by atoms with E-state index in [2.05, 4.69) is 26.4 Å². The second-order valence-corrected chi connectivity index (χ2v) is 9.62. The van der Waals surface area contributed by atoms with Gasteiger partial charge in [0.15, 0.2) is 0 Å². The first-order valence-electron chi connectivity index (χ1n) is 12.3. The Morgan fingerprint density at radius 3 is 1.79 bits per heavy atom. The number of rotatable bonds is 7. The zero-order valence-electron chi connectivity index (χ0n) is 22.1. The summed E-state index contributed by atoms with van der Waals surface area (Å²) in [5.74, 6) is 0.181. The lowest BCUT2D eigenvalue weighted by atomic mass is 10.2. The maximum atomic E-state index is 11.1. The highest BCUT2D eigenvalue weighted by molar-refractivity contribution is 5.96. The van der Waals surface area contributed by atoms with Crippen molar-refractivity contribution >= 4 is 17.7 Å². The molecule has 3 fully saturated rings. The van der Waals surface area contributed by atoms with Gasteiger partial charge in [0.05, 0.1) is 12.0 Å². The number of carbonyl (C=O) groups excluding carboxylic acids is 3. The molecule has 0 radical (unpaired) electrons. The summed E-state index contributed by atoms with van der Waals surface area (Å²) in [6.07, 6.45) is 5.71. The maximum absolute atomic E-state index is 11.1. The number of hydrogen-bond donors (Lipinski definition) is 2. The molecule has 0 unspecified atom stereocenters. The molecule has 0 aromatic carbocycles. The molecule has 3 aliphatic heterocycles. The van der Waals surface area contributed by atoms with Gasteiger partial charge in [-0.1, -0.05) is 6.58 Å². The monoisotopic (exact) mass is 484 g/mol. The molecule has 3 aliphatic rings. The van der Waals surface area contributed by atoms with Gasteiger partial charge in [-0.2, -0.15) is 0 Å². The molecule has 0 aliphatic carbocycles. The normalized spacial score (nSPS) is 17.7. The summed E-state index contributed by atoms with van der Waals surface area (Å²) >= 11 is 0. The van der Waals surface area contributed by atoms with Crippen molar-refractivity contribution in [2.45, 2.75) is 71.8 Å². The first-order valence-corrected chi connectivity index (χ1v) is 12.3. The molecule has 3 heterocycles. The molecule has 34 heavy (non-hydrogen) atoms. The predicted octanol–water partition coefficient (Wildman–Crippen LogP) is 2.10. The largest absolute Gasteiger partial charge is 0.431 e. The number of esters is 1. The Hall–Kier alpha value is -1.81. The highest BCUT2D eigenvalue weighted by Crippen LogP contribution is 2.13. The number of cyclic esters (lactones) is 1. The molecular formula is C25H48N4O5. The van der Waals surface area contributed by atoms with Gasteiger partial charge < -0.3 is 30.3 Å². The lowest BCUT2D eigenvalue weighted by Gasteiger charge is -2.14. The molecule has 0 saturated carbocycles. The Morgan fingerprint density at radius 2 is 1.50 bits per heavy atom. The number of nitrogens with one attached hydrogen (secondary N) is 1. The van der Waals surface area contributed by atoms with Crippen LogP contribution in [-0.2, 0) is 23.9 Å². The Morgan fingerprint density at radius 1 is 1.06 bits per heavy atom. The fourth-order valence-corrected chi connectivity index (χ4v) is 3.15. The first kappa shape index (κ1) is 32.2. The zero-order chi connectivity index (χ0) is 26.0. The number of amides is 1. The fourth-order valence-electron chi connectivity index (χ4n) is 3.15. The van der Waals surface area contributed by atoms with Gasteiger partial charge >= 0.3 is 5.97 Å². The van der Waals surface area contributed by atoms with Crippen LogP contribution in [0.15, 0.2) is 12.3 Å². The average molecular weight is 485 g/mol. The molecule has 0 aromatic heterocycles. The molecule has 3 saturated heterocycles. The van der Waals surface area contributed by atoms with E-state index >= 15 is 0 Å². The van der Waals surface area contributed by atoms with Gasteiger partial charge in [-0.3, -0.25) is 14.4 Å². The molecule has 0 aromatic rings. The van der Waals surface area contributed by atoms with Crippen molar-refractivity contribution in [1.29, 1.82) is 0 Å². The molecule has 198 valence electrons. The van der Waals surface area contributed by atoms with Crippen molar-refractivity contribution in [2.24, 2.45) is 5.73 Å². The number of methoxy groups -OCH3 is 1. The van der Waals surface area contributed by atoms with Gasteiger partial charge in [0, 0.05) is 33.3 Å². The number of nitrogens with zero attached hydrogens (tertiary/aromatic N) is 2. The van der Waals surface area contributed by atoms with Gasteiger partial charge in [0.25, 0.3) is 0 Å². The number of carbonyl (C=O) groups is 3. The first-order chi connectivity index (χ1) is 16.0. The van der Waals surface area contributed by atoms with E-state index in [0.717, 1.165) is 32.7 Å². The van der Waals surface area contributed by atoms with Crippen molar-refractivity contribution in [1.82, 2.24) is 15.1 Å². The summed E-state index contributed by atoms with van der Waals surface area (Å²) in [5, 5.41) is 2.74. The number of nitrogens with two attached hydrogens (primary N) is 1. The van der Waals surface area contributed by atoms with Crippen molar-refractivity contribution in [3.05, 3.63) is 12.3 Å². The van der Waals surface area contributed by atoms with E-state index in [1.54, 1.807) is 7.11 Å². The van der Waals surface area contributed by atoms with Crippen LogP contribution in [0.3, 0.4) is 0 Å². The van der Waals surface area contributed by atoms with Crippen LogP contribution < -0.4 is 11.1 Å². The number of Topliss-reactive ketones (excluding diaryl/α,β-unsaturated/α-hetero) is 1. The van der Waals surface area contributed by atoms with Crippen LogP contribution >= 0.6 is 0 Å². The molecule has 0 spiro atoms. The minimum atomic E-state index is -0.167. The van der Waals surface area contributed by atoms with E-state index in [1.807, 2.05) is 20.8 Å². The summed E-state index contributed by atoms with van der Waals surface area (Å²) < 4.78 is 9.24. The van der Waals surface area contributed by atoms with Gasteiger partial charge in [-0.05, 0) is 79.6 Å². The molecule has 1 amide bonds. The van der Waals surface area contributed by atoms with Crippen LogP contribution in [0, 0.1) is 0 Å². The topological polar surface area (TPSA) is 114 Å². The van der Waals surface area contributed by atoms with Gasteiger partial charge in [-0.25, -0.2) is 0 Å². The Labute approximate surface area is 206 Å². The van der Waals surface area contributed by atoms with Crippen LogP contribution in [0.5, 0.6) is 0 Å². The van der Waals surface area contributed by atoms with Crippen molar-refractivity contribution in [3.8, 4) is 0 Å². The Balaban J connectivity index is 0.000000462. The third-order valence-corrected chi connectivity index (χ3v) is 5.21. The predicted molar refractivity (Wildman–Crippen MR) is 135 cm³/mol. The second-order valence-electron chi connectivity index (χ2n) is 9.62. The van der Waals surface area contributed by atoms with Crippen LogP contribution in [0.2, 0.25) is 0 Å². The number of ether oxygens (including phenoxy) is 2. The van der Waals surface area contributed by atoms with Crippen LogP contribution in [0.25, 0.3) is 0 Å². The second kappa shape index (κ2) is 18.5. The molecule has 9 nitrogen and oxygen atoms in total. The van der Waals surface area contributed by atoms with Crippen molar-refractivity contribution < 1.29 is 23.9 Å². The summed E-state index contributed by atoms with van der Waals surface area (Å²) in [7, 11) is 1.71. The number of hydrogen-bond acceptors (Lipinski definition) is 8. The van der Waals surface area contributed by atoms with E-state index in [0.29, 0.717) is 18.7 Å². The Kier molecular flexibility index (Phi) is 17.5. The van der Waals surface area contributed by atoms with Crippen LogP contribution in [0.4, 0.5) is 0 Å².